The van der Waals surface area contributed by atoms with E-state index in [1.807, 2.05) is 24.3 Å². The van der Waals surface area contributed by atoms with E-state index >= 15 is 0 Å². The predicted molar refractivity (Wildman–Crippen MR) is 109 cm³/mol. The van der Waals surface area contributed by atoms with Crippen LogP contribution in [0.15, 0.2) is 36.8 Å². The minimum atomic E-state index is -0.101. The number of nitrogens with two attached hydrogens (primary N) is 1. The molecule has 5 rings (SSSR count). The van der Waals surface area contributed by atoms with Gasteiger partial charge >= 0.3 is 0 Å². The second kappa shape index (κ2) is 6.38. The number of amides is 1. The van der Waals surface area contributed by atoms with E-state index in [2.05, 4.69) is 24.8 Å². The Balaban J connectivity index is 1.37. The SMILES string of the molecule is Nc1cccc(CC(=O)N2CCN(c3ncnc4[nH]cc(Cl)c34)CC23CC3)c1. The molecular formula is C20H21ClN6O. The maximum Gasteiger partial charge on any atom is 0.227 e. The zero-order valence-corrected chi connectivity index (χ0v) is 16.1. The number of hydrogen-bond acceptors (Lipinski definition) is 5. The summed E-state index contributed by atoms with van der Waals surface area (Å²) in [6.07, 6.45) is 5.71. The van der Waals surface area contributed by atoms with E-state index in [1.54, 1.807) is 12.5 Å². The van der Waals surface area contributed by atoms with Crippen LogP contribution in [-0.2, 0) is 11.2 Å². The number of rotatable bonds is 3. The zero-order valence-electron chi connectivity index (χ0n) is 15.4. The Morgan fingerprint density at radius 1 is 1.29 bits per heavy atom. The lowest BCUT2D eigenvalue weighted by molar-refractivity contribution is -0.134. The van der Waals surface area contributed by atoms with Crippen molar-refractivity contribution in [2.24, 2.45) is 0 Å². The average Bonchev–Trinajstić information content (AvgIpc) is 3.33. The monoisotopic (exact) mass is 396 g/mol. The largest absolute Gasteiger partial charge is 0.399 e. The third-order valence-electron chi connectivity index (χ3n) is 5.79. The molecule has 2 aliphatic rings. The number of nitrogens with zero attached hydrogens (tertiary/aromatic N) is 4. The van der Waals surface area contributed by atoms with Crippen LogP contribution in [0.5, 0.6) is 0 Å². The molecule has 0 unspecified atom stereocenters. The topological polar surface area (TPSA) is 91.1 Å². The van der Waals surface area contributed by atoms with E-state index in [9.17, 15) is 4.79 Å². The van der Waals surface area contributed by atoms with Gasteiger partial charge in [0.15, 0.2) is 0 Å². The summed E-state index contributed by atoms with van der Waals surface area (Å²) in [5.74, 6) is 1.00. The highest BCUT2D eigenvalue weighted by Gasteiger charge is 2.53. The molecule has 1 aliphatic carbocycles. The van der Waals surface area contributed by atoms with Gasteiger partial charge in [0, 0.05) is 31.5 Å². The lowest BCUT2D eigenvalue weighted by atomic mass is 10.1. The second-order valence-corrected chi connectivity index (χ2v) is 8.08. The van der Waals surface area contributed by atoms with Crippen LogP contribution in [-0.4, -0.2) is 50.9 Å². The van der Waals surface area contributed by atoms with Gasteiger partial charge in [-0.3, -0.25) is 4.79 Å². The van der Waals surface area contributed by atoms with Crippen molar-refractivity contribution >= 4 is 40.0 Å². The summed E-state index contributed by atoms with van der Waals surface area (Å²) in [6, 6.07) is 7.56. The molecule has 0 atom stereocenters. The van der Waals surface area contributed by atoms with Gasteiger partial charge in [0.05, 0.1) is 22.4 Å². The molecule has 1 saturated heterocycles. The average molecular weight is 397 g/mol. The van der Waals surface area contributed by atoms with E-state index in [0.29, 0.717) is 23.7 Å². The van der Waals surface area contributed by atoms with Gasteiger partial charge in [-0.25, -0.2) is 9.97 Å². The molecule has 1 aliphatic heterocycles. The van der Waals surface area contributed by atoms with Crippen molar-refractivity contribution in [2.75, 3.05) is 30.3 Å². The van der Waals surface area contributed by atoms with Crippen LogP contribution in [0.3, 0.4) is 0 Å². The number of aromatic amines is 1. The summed E-state index contributed by atoms with van der Waals surface area (Å²) < 4.78 is 0. The van der Waals surface area contributed by atoms with Gasteiger partial charge in [-0.05, 0) is 30.5 Å². The van der Waals surface area contributed by atoms with Gasteiger partial charge in [-0.15, -0.1) is 0 Å². The molecule has 2 fully saturated rings. The number of piperazine rings is 1. The van der Waals surface area contributed by atoms with Gasteiger partial charge in [0.25, 0.3) is 0 Å². The van der Waals surface area contributed by atoms with Crippen molar-refractivity contribution in [3.63, 3.8) is 0 Å². The molecule has 0 bridgehead atoms. The van der Waals surface area contributed by atoms with Crippen LogP contribution in [0.25, 0.3) is 11.0 Å². The second-order valence-electron chi connectivity index (χ2n) is 7.67. The highest BCUT2D eigenvalue weighted by Crippen LogP contribution is 2.46. The van der Waals surface area contributed by atoms with Crippen LogP contribution in [0.4, 0.5) is 11.5 Å². The van der Waals surface area contributed by atoms with Crippen molar-refractivity contribution in [3.05, 3.63) is 47.4 Å². The summed E-state index contributed by atoms with van der Waals surface area (Å²) in [5, 5.41) is 1.47. The number of carbonyl (C=O) groups is 1. The number of fused-ring (bicyclic) bond motifs is 1. The third kappa shape index (κ3) is 2.86. The van der Waals surface area contributed by atoms with Crippen molar-refractivity contribution in [1.29, 1.82) is 0 Å². The van der Waals surface area contributed by atoms with Crippen molar-refractivity contribution in [1.82, 2.24) is 19.9 Å². The number of benzene rings is 1. The first kappa shape index (κ1) is 17.3. The number of H-pyrrole nitrogens is 1. The summed E-state index contributed by atoms with van der Waals surface area (Å²) in [6.45, 7) is 2.16. The number of aromatic nitrogens is 3. The maximum atomic E-state index is 13.0. The molecule has 1 spiro atoms. The van der Waals surface area contributed by atoms with E-state index in [1.165, 1.54) is 0 Å². The first-order valence-electron chi connectivity index (χ1n) is 9.43. The number of carbonyl (C=O) groups excluding carboxylic acids is 1. The maximum absolute atomic E-state index is 13.0. The molecule has 8 heteroatoms. The molecule has 3 heterocycles. The smallest absolute Gasteiger partial charge is 0.227 e. The van der Waals surface area contributed by atoms with Gasteiger partial charge in [0.2, 0.25) is 5.91 Å². The number of nitrogen functional groups attached to an aromatic ring is 1. The van der Waals surface area contributed by atoms with Crippen LogP contribution >= 0.6 is 11.6 Å². The molecule has 1 amide bonds. The highest BCUT2D eigenvalue weighted by molar-refractivity contribution is 6.36. The lowest BCUT2D eigenvalue weighted by Gasteiger charge is -2.43. The Labute approximate surface area is 167 Å². The highest BCUT2D eigenvalue weighted by atomic mass is 35.5. The number of halogens is 1. The summed E-state index contributed by atoms with van der Waals surface area (Å²) in [4.78, 5) is 29.1. The van der Waals surface area contributed by atoms with E-state index in [-0.39, 0.29) is 11.4 Å². The number of nitrogens with one attached hydrogen (secondary N) is 1. The third-order valence-corrected chi connectivity index (χ3v) is 6.09. The molecule has 2 aromatic heterocycles. The number of hydrogen-bond donors (Lipinski definition) is 2. The minimum absolute atomic E-state index is 0.101. The van der Waals surface area contributed by atoms with Gasteiger partial charge in [-0.1, -0.05) is 23.7 Å². The normalized spacial score (nSPS) is 18.0. The predicted octanol–water partition coefficient (Wildman–Crippen LogP) is 2.62. The van der Waals surface area contributed by atoms with Crippen LogP contribution < -0.4 is 10.6 Å². The van der Waals surface area contributed by atoms with E-state index < -0.39 is 0 Å². The Morgan fingerprint density at radius 3 is 2.93 bits per heavy atom. The van der Waals surface area contributed by atoms with Crippen molar-refractivity contribution in [2.45, 2.75) is 24.8 Å². The summed E-state index contributed by atoms with van der Waals surface area (Å²) in [7, 11) is 0. The summed E-state index contributed by atoms with van der Waals surface area (Å²) in [5.41, 5.74) is 8.13. The van der Waals surface area contributed by atoms with Crippen LogP contribution in [0.2, 0.25) is 5.02 Å². The summed E-state index contributed by atoms with van der Waals surface area (Å²) >= 11 is 6.35. The molecule has 3 aromatic rings. The van der Waals surface area contributed by atoms with Crippen molar-refractivity contribution < 1.29 is 4.79 Å². The zero-order chi connectivity index (χ0) is 19.3. The molecule has 28 heavy (non-hydrogen) atoms. The van der Waals surface area contributed by atoms with Crippen molar-refractivity contribution in [3.8, 4) is 0 Å². The van der Waals surface area contributed by atoms with Gasteiger partial charge in [-0.2, -0.15) is 0 Å². The fourth-order valence-corrected chi connectivity index (χ4v) is 4.47. The van der Waals surface area contributed by atoms with Crippen LogP contribution in [0, 0.1) is 0 Å². The molecule has 7 nitrogen and oxygen atoms in total. The standard InChI is InChI=1S/C20H21ClN6O/c21-15-10-23-18-17(15)19(25-12-24-18)26-6-7-27(20(11-26)4-5-20)16(28)9-13-2-1-3-14(22)8-13/h1-3,8,10,12H,4-7,9,11,22H2,(H,23,24,25). The Bertz CT molecular complexity index is 1060. The van der Waals surface area contributed by atoms with Gasteiger partial charge < -0.3 is 20.5 Å². The minimum Gasteiger partial charge on any atom is -0.399 e. The molecule has 1 saturated carbocycles. The molecule has 144 valence electrons. The first-order valence-corrected chi connectivity index (χ1v) is 9.81. The van der Waals surface area contributed by atoms with E-state index in [0.717, 1.165) is 48.3 Å². The Hall–Kier alpha value is -2.80. The molecule has 1 aromatic carbocycles. The first-order chi connectivity index (χ1) is 13.6. The molecular weight excluding hydrogens is 376 g/mol. The quantitative estimate of drug-likeness (QED) is 0.664. The van der Waals surface area contributed by atoms with Gasteiger partial charge in [0.1, 0.15) is 17.8 Å². The molecule has 0 radical (unpaired) electrons. The lowest BCUT2D eigenvalue weighted by Crippen LogP contribution is -2.57. The number of anilines is 2. The molecule has 3 N–H and O–H groups in total. The van der Waals surface area contributed by atoms with E-state index in [4.69, 9.17) is 17.3 Å². The fraction of sp³-hybridized carbons (Fsp3) is 0.350. The Morgan fingerprint density at radius 2 is 2.14 bits per heavy atom. The Kier molecular flexibility index (Phi) is 3.94. The van der Waals surface area contributed by atoms with Crippen LogP contribution in [0.1, 0.15) is 18.4 Å². The fourth-order valence-electron chi connectivity index (χ4n) is 4.24.